The SMILES string of the molecule is [2H]C1(O)CCCc2ncccc21. The molecule has 1 aliphatic rings. The zero-order chi connectivity index (χ0) is 8.60. The summed E-state index contributed by atoms with van der Waals surface area (Å²) in [4.78, 5) is 4.13. The second-order valence-corrected chi connectivity index (χ2v) is 2.80. The number of pyridine rings is 1. The molecule has 1 aromatic heterocycles. The van der Waals surface area contributed by atoms with Crippen LogP contribution in [0.15, 0.2) is 18.3 Å². The molecule has 1 unspecified atom stereocenters. The molecule has 0 fully saturated rings. The molecule has 0 bridgehead atoms. The molecule has 1 aromatic rings. The molecule has 2 rings (SSSR count). The molecule has 0 aromatic carbocycles. The lowest BCUT2D eigenvalue weighted by molar-refractivity contribution is 0.155. The van der Waals surface area contributed by atoms with Crippen LogP contribution in [0.5, 0.6) is 0 Å². The van der Waals surface area contributed by atoms with Crippen molar-refractivity contribution in [1.82, 2.24) is 4.98 Å². The fourth-order valence-corrected chi connectivity index (χ4v) is 1.46. The van der Waals surface area contributed by atoms with Crippen LogP contribution in [0, 0.1) is 0 Å². The summed E-state index contributed by atoms with van der Waals surface area (Å²) in [6, 6.07) is 3.55. The molecular formula is C9H11NO. The van der Waals surface area contributed by atoms with Crippen molar-refractivity contribution in [2.75, 3.05) is 0 Å². The molecule has 2 heteroatoms. The van der Waals surface area contributed by atoms with Gasteiger partial charge in [0, 0.05) is 17.5 Å². The molecule has 1 heterocycles. The molecule has 2 nitrogen and oxygen atoms in total. The lowest BCUT2D eigenvalue weighted by Gasteiger charge is -2.19. The number of nitrogens with zero attached hydrogens (tertiary/aromatic N) is 1. The smallest absolute Gasteiger partial charge is 0.0807 e. The highest BCUT2D eigenvalue weighted by atomic mass is 16.3. The third-order valence-electron chi connectivity index (χ3n) is 2.03. The van der Waals surface area contributed by atoms with Gasteiger partial charge in [0.05, 0.1) is 7.45 Å². The molecule has 0 saturated heterocycles. The summed E-state index contributed by atoms with van der Waals surface area (Å²) in [6.07, 6.45) is 2.56. The predicted octanol–water partition coefficient (Wildman–Crippen LogP) is 1.45. The summed E-state index contributed by atoms with van der Waals surface area (Å²) < 4.78 is 7.62. The Labute approximate surface area is 67.3 Å². The minimum Gasteiger partial charge on any atom is -0.388 e. The van der Waals surface area contributed by atoms with E-state index in [1.54, 1.807) is 18.3 Å². The number of aliphatic hydroxyl groups is 1. The van der Waals surface area contributed by atoms with Gasteiger partial charge in [-0.05, 0) is 25.3 Å². The van der Waals surface area contributed by atoms with Crippen LogP contribution >= 0.6 is 0 Å². The summed E-state index contributed by atoms with van der Waals surface area (Å²) in [5.74, 6) is 0. The molecule has 0 radical (unpaired) electrons. The second kappa shape index (κ2) is 2.62. The van der Waals surface area contributed by atoms with Crippen LogP contribution in [0.3, 0.4) is 0 Å². The average molecular weight is 150 g/mol. The van der Waals surface area contributed by atoms with Crippen molar-refractivity contribution in [1.29, 1.82) is 0 Å². The van der Waals surface area contributed by atoms with E-state index in [-0.39, 0.29) is 0 Å². The molecule has 0 aliphatic heterocycles. The Morgan fingerprint density at radius 1 is 1.73 bits per heavy atom. The Balaban J connectivity index is 2.52. The number of fused-ring (bicyclic) bond motifs is 1. The van der Waals surface area contributed by atoms with Gasteiger partial charge in [-0.25, -0.2) is 0 Å². The van der Waals surface area contributed by atoms with Gasteiger partial charge in [-0.15, -0.1) is 0 Å². The highest BCUT2D eigenvalue weighted by Crippen LogP contribution is 2.27. The van der Waals surface area contributed by atoms with E-state index in [4.69, 9.17) is 1.37 Å². The summed E-state index contributed by atoms with van der Waals surface area (Å²) in [6.45, 7) is 0. The van der Waals surface area contributed by atoms with Crippen molar-refractivity contribution in [3.05, 3.63) is 29.6 Å². The Hall–Kier alpha value is -0.890. The molecule has 1 N–H and O–H groups in total. The minimum atomic E-state index is -1.40. The predicted molar refractivity (Wildman–Crippen MR) is 42.1 cm³/mol. The molecule has 1 aliphatic carbocycles. The van der Waals surface area contributed by atoms with E-state index in [0.29, 0.717) is 12.0 Å². The fourth-order valence-electron chi connectivity index (χ4n) is 1.46. The zero-order valence-electron chi connectivity index (χ0n) is 7.25. The number of rotatable bonds is 0. The van der Waals surface area contributed by atoms with Crippen LogP contribution in [0.25, 0.3) is 0 Å². The molecule has 11 heavy (non-hydrogen) atoms. The maximum absolute atomic E-state index is 9.65. The maximum Gasteiger partial charge on any atom is 0.0807 e. The van der Waals surface area contributed by atoms with Crippen LogP contribution in [-0.2, 0) is 6.42 Å². The Morgan fingerprint density at radius 3 is 3.45 bits per heavy atom. The van der Waals surface area contributed by atoms with Gasteiger partial charge in [0.25, 0.3) is 0 Å². The van der Waals surface area contributed by atoms with Crippen LogP contribution in [0.1, 0.15) is 31.5 Å². The Bertz CT molecular complexity index is 298. The van der Waals surface area contributed by atoms with Crippen LogP contribution in [0.4, 0.5) is 0 Å². The van der Waals surface area contributed by atoms with Crippen molar-refractivity contribution in [3.63, 3.8) is 0 Å². The molecule has 58 valence electrons. The quantitative estimate of drug-likeness (QED) is 0.607. The van der Waals surface area contributed by atoms with Crippen molar-refractivity contribution < 1.29 is 6.48 Å². The highest BCUT2D eigenvalue weighted by Gasteiger charge is 2.17. The van der Waals surface area contributed by atoms with Crippen LogP contribution in [0.2, 0.25) is 0 Å². The van der Waals surface area contributed by atoms with Gasteiger partial charge in [-0.3, -0.25) is 4.98 Å². The van der Waals surface area contributed by atoms with Crippen molar-refractivity contribution in [2.45, 2.75) is 25.3 Å². The van der Waals surface area contributed by atoms with Gasteiger partial charge in [0.2, 0.25) is 0 Å². The molecule has 0 amide bonds. The van der Waals surface area contributed by atoms with Gasteiger partial charge in [-0.1, -0.05) is 6.07 Å². The second-order valence-electron chi connectivity index (χ2n) is 2.80. The highest BCUT2D eigenvalue weighted by molar-refractivity contribution is 5.24. The van der Waals surface area contributed by atoms with Gasteiger partial charge in [-0.2, -0.15) is 0 Å². The molecular weight excluding hydrogens is 138 g/mol. The Kier molecular flexibility index (Phi) is 1.37. The first-order valence-corrected chi connectivity index (χ1v) is 3.87. The lowest BCUT2D eigenvalue weighted by Crippen LogP contribution is -2.10. The van der Waals surface area contributed by atoms with Crippen molar-refractivity contribution in [2.24, 2.45) is 0 Å². The lowest BCUT2D eigenvalue weighted by atomic mass is 9.94. The van der Waals surface area contributed by atoms with E-state index in [0.717, 1.165) is 18.5 Å². The fraction of sp³-hybridized carbons (Fsp3) is 0.444. The first-order chi connectivity index (χ1) is 5.70. The van der Waals surface area contributed by atoms with Crippen LogP contribution in [-0.4, -0.2) is 10.1 Å². The summed E-state index contributed by atoms with van der Waals surface area (Å²) in [7, 11) is 0. The summed E-state index contributed by atoms with van der Waals surface area (Å²) >= 11 is 0. The largest absolute Gasteiger partial charge is 0.388 e. The number of hydrogen-bond donors (Lipinski definition) is 1. The first kappa shape index (κ1) is 5.72. The third-order valence-corrected chi connectivity index (χ3v) is 2.03. The topological polar surface area (TPSA) is 33.1 Å². The monoisotopic (exact) mass is 150 g/mol. The Morgan fingerprint density at radius 2 is 2.64 bits per heavy atom. The van der Waals surface area contributed by atoms with E-state index in [9.17, 15) is 5.11 Å². The van der Waals surface area contributed by atoms with Crippen LogP contribution < -0.4 is 0 Å². The van der Waals surface area contributed by atoms with Gasteiger partial charge in [0.1, 0.15) is 0 Å². The van der Waals surface area contributed by atoms with Crippen molar-refractivity contribution in [3.8, 4) is 0 Å². The molecule has 0 spiro atoms. The normalized spacial score (nSPS) is 30.8. The molecule has 0 saturated carbocycles. The number of aryl methyl sites for hydroxylation is 1. The standard InChI is InChI=1S/C9H11NO/c11-9-5-1-4-8-7(9)3-2-6-10-8/h2-3,6,9,11H,1,4-5H2/i9D. The van der Waals surface area contributed by atoms with Gasteiger partial charge < -0.3 is 5.11 Å². The summed E-state index contributed by atoms with van der Waals surface area (Å²) in [5.41, 5.74) is 1.55. The summed E-state index contributed by atoms with van der Waals surface area (Å²) in [5, 5.41) is 9.65. The number of aromatic nitrogens is 1. The zero-order valence-corrected chi connectivity index (χ0v) is 6.25. The average Bonchev–Trinajstić information content (AvgIpc) is 2.04. The van der Waals surface area contributed by atoms with E-state index >= 15 is 0 Å². The maximum atomic E-state index is 9.65. The minimum absolute atomic E-state index is 0.520. The first-order valence-electron chi connectivity index (χ1n) is 4.37. The van der Waals surface area contributed by atoms with Crippen molar-refractivity contribution >= 4 is 0 Å². The third kappa shape index (κ3) is 1.14. The van der Waals surface area contributed by atoms with Gasteiger partial charge >= 0.3 is 0 Å². The van der Waals surface area contributed by atoms with E-state index in [2.05, 4.69) is 4.98 Å². The van der Waals surface area contributed by atoms with E-state index in [1.165, 1.54) is 0 Å². The molecule has 1 atom stereocenters. The van der Waals surface area contributed by atoms with Gasteiger partial charge in [0.15, 0.2) is 0 Å². The number of hydrogen-bond acceptors (Lipinski definition) is 2. The van der Waals surface area contributed by atoms with E-state index in [1.807, 2.05) is 0 Å². The van der Waals surface area contributed by atoms with E-state index < -0.39 is 6.08 Å².